The van der Waals surface area contributed by atoms with Crippen LogP contribution in [0.15, 0.2) is 6.20 Å². The molecule has 0 aromatic carbocycles. The van der Waals surface area contributed by atoms with Gasteiger partial charge in [0.05, 0.1) is 37.8 Å². The molecule has 2 aliphatic rings. The lowest BCUT2D eigenvalue weighted by atomic mass is 10.0. The van der Waals surface area contributed by atoms with Crippen molar-refractivity contribution in [2.24, 2.45) is 5.73 Å². The molecule has 6 heteroatoms. The first-order chi connectivity index (χ1) is 9.74. The number of ether oxygens (including phenoxy) is 2. The molecule has 3 rings (SSSR count). The quantitative estimate of drug-likeness (QED) is 0.882. The zero-order valence-electron chi connectivity index (χ0n) is 12.3. The first kappa shape index (κ1) is 13.9. The number of nitrogens with zero attached hydrogens (tertiary/aromatic N) is 3. The Morgan fingerprint density at radius 3 is 3.20 bits per heavy atom. The van der Waals surface area contributed by atoms with Crippen molar-refractivity contribution in [2.75, 3.05) is 26.8 Å². The highest BCUT2D eigenvalue weighted by atomic mass is 16.5. The van der Waals surface area contributed by atoms with Crippen LogP contribution in [0.2, 0.25) is 0 Å². The molecule has 2 aliphatic heterocycles. The number of methoxy groups -OCH3 is 1. The molecule has 2 fully saturated rings. The summed E-state index contributed by atoms with van der Waals surface area (Å²) in [5, 5.41) is 4.33. The van der Waals surface area contributed by atoms with E-state index in [9.17, 15) is 0 Å². The van der Waals surface area contributed by atoms with Crippen molar-refractivity contribution < 1.29 is 9.47 Å². The van der Waals surface area contributed by atoms with Gasteiger partial charge in [-0.3, -0.25) is 9.58 Å². The van der Waals surface area contributed by atoms with Gasteiger partial charge in [-0.2, -0.15) is 5.10 Å². The summed E-state index contributed by atoms with van der Waals surface area (Å²) in [6.07, 6.45) is 4.27. The fraction of sp³-hybridized carbons (Fsp3) is 0.786. The predicted molar refractivity (Wildman–Crippen MR) is 75.7 cm³/mol. The van der Waals surface area contributed by atoms with Crippen molar-refractivity contribution in [1.29, 1.82) is 0 Å². The lowest BCUT2D eigenvalue weighted by Crippen LogP contribution is -2.50. The zero-order valence-corrected chi connectivity index (χ0v) is 12.3. The molecule has 3 atom stereocenters. The highest BCUT2D eigenvalue weighted by Gasteiger charge is 2.37. The van der Waals surface area contributed by atoms with Gasteiger partial charge in [0.1, 0.15) is 0 Å². The second-order valence-electron chi connectivity index (χ2n) is 5.60. The van der Waals surface area contributed by atoms with Crippen LogP contribution in [0.4, 0.5) is 0 Å². The second-order valence-corrected chi connectivity index (χ2v) is 5.60. The van der Waals surface area contributed by atoms with E-state index in [0.29, 0.717) is 6.04 Å². The number of hydrogen-bond donors (Lipinski definition) is 1. The summed E-state index contributed by atoms with van der Waals surface area (Å²) in [6, 6.07) is 0.394. The SMILES string of the molecule is CCn1ncc(OC)c1C(N)C1CN2CCCC2CO1. The lowest BCUT2D eigenvalue weighted by molar-refractivity contribution is -0.0609. The van der Waals surface area contributed by atoms with Crippen molar-refractivity contribution in [3.63, 3.8) is 0 Å². The monoisotopic (exact) mass is 280 g/mol. The average Bonchev–Trinajstić information content (AvgIpc) is 3.11. The van der Waals surface area contributed by atoms with Crippen LogP contribution in [-0.4, -0.2) is 53.6 Å². The lowest BCUT2D eigenvalue weighted by Gasteiger charge is -2.37. The van der Waals surface area contributed by atoms with Crippen LogP contribution >= 0.6 is 0 Å². The first-order valence-electron chi connectivity index (χ1n) is 7.45. The van der Waals surface area contributed by atoms with Crippen LogP contribution in [0, 0.1) is 0 Å². The molecule has 20 heavy (non-hydrogen) atoms. The molecule has 0 aliphatic carbocycles. The Hall–Kier alpha value is -1.11. The van der Waals surface area contributed by atoms with E-state index in [0.717, 1.165) is 31.1 Å². The van der Waals surface area contributed by atoms with Crippen molar-refractivity contribution in [3.8, 4) is 5.75 Å². The largest absolute Gasteiger partial charge is 0.493 e. The molecule has 1 aromatic heterocycles. The number of nitrogens with two attached hydrogens (primary N) is 1. The summed E-state index contributed by atoms with van der Waals surface area (Å²) in [7, 11) is 1.66. The fourth-order valence-electron chi connectivity index (χ4n) is 3.36. The number of rotatable bonds is 4. The molecule has 2 N–H and O–H groups in total. The second kappa shape index (κ2) is 5.71. The highest BCUT2D eigenvalue weighted by Crippen LogP contribution is 2.31. The third-order valence-electron chi connectivity index (χ3n) is 4.50. The molecule has 0 spiro atoms. The molecule has 1 aromatic rings. The van der Waals surface area contributed by atoms with Crippen molar-refractivity contribution in [1.82, 2.24) is 14.7 Å². The van der Waals surface area contributed by atoms with E-state index in [2.05, 4.69) is 16.9 Å². The Kier molecular flexibility index (Phi) is 3.96. The minimum Gasteiger partial charge on any atom is -0.493 e. The normalized spacial score (nSPS) is 28.4. The summed E-state index contributed by atoms with van der Waals surface area (Å²) in [5.74, 6) is 0.756. The molecule has 3 heterocycles. The third kappa shape index (κ3) is 2.32. The number of hydrogen-bond acceptors (Lipinski definition) is 5. The van der Waals surface area contributed by atoms with Gasteiger partial charge >= 0.3 is 0 Å². The topological polar surface area (TPSA) is 65.5 Å². The Bertz CT molecular complexity index is 441. The minimum absolute atomic E-state index is 0.0141. The van der Waals surface area contributed by atoms with Gasteiger partial charge < -0.3 is 15.2 Å². The Morgan fingerprint density at radius 1 is 1.60 bits per heavy atom. The van der Waals surface area contributed by atoms with Crippen molar-refractivity contribution in [3.05, 3.63) is 11.9 Å². The highest BCUT2D eigenvalue weighted by molar-refractivity contribution is 5.29. The van der Waals surface area contributed by atoms with Crippen molar-refractivity contribution >= 4 is 0 Å². The summed E-state index contributed by atoms with van der Waals surface area (Å²) < 4.78 is 13.3. The van der Waals surface area contributed by atoms with Crippen LogP contribution in [0.1, 0.15) is 31.5 Å². The summed E-state index contributed by atoms with van der Waals surface area (Å²) in [5.41, 5.74) is 7.40. The molecular weight excluding hydrogens is 256 g/mol. The smallest absolute Gasteiger partial charge is 0.161 e. The maximum Gasteiger partial charge on any atom is 0.161 e. The molecule has 2 saturated heterocycles. The minimum atomic E-state index is -0.200. The van der Waals surface area contributed by atoms with Crippen LogP contribution in [0.25, 0.3) is 0 Å². The summed E-state index contributed by atoms with van der Waals surface area (Å²) >= 11 is 0. The van der Waals surface area contributed by atoms with E-state index in [4.69, 9.17) is 15.2 Å². The van der Waals surface area contributed by atoms with Gasteiger partial charge in [-0.15, -0.1) is 0 Å². The van der Waals surface area contributed by atoms with E-state index in [1.165, 1.54) is 19.4 Å². The van der Waals surface area contributed by atoms with Crippen LogP contribution in [-0.2, 0) is 11.3 Å². The summed E-state index contributed by atoms with van der Waals surface area (Å²) in [6.45, 7) is 5.71. The van der Waals surface area contributed by atoms with Gasteiger partial charge in [-0.25, -0.2) is 0 Å². The summed E-state index contributed by atoms with van der Waals surface area (Å²) in [4.78, 5) is 2.51. The zero-order chi connectivity index (χ0) is 14.1. The Morgan fingerprint density at radius 2 is 2.45 bits per heavy atom. The number of morpholine rings is 1. The van der Waals surface area contributed by atoms with E-state index in [-0.39, 0.29) is 12.1 Å². The van der Waals surface area contributed by atoms with Crippen molar-refractivity contribution in [2.45, 2.75) is 44.5 Å². The van der Waals surface area contributed by atoms with Gasteiger partial charge in [-0.1, -0.05) is 0 Å². The fourth-order valence-corrected chi connectivity index (χ4v) is 3.36. The number of fused-ring (bicyclic) bond motifs is 1. The van der Waals surface area contributed by atoms with E-state index in [1.54, 1.807) is 13.3 Å². The number of aromatic nitrogens is 2. The Balaban J connectivity index is 1.78. The van der Waals surface area contributed by atoms with Gasteiger partial charge in [-0.05, 0) is 26.3 Å². The molecule has 0 bridgehead atoms. The first-order valence-corrected chi connectivity index (χ1v) is 7.45. The maximum absolute atomic E-state index is 6.46. The molecule has 112 valence electrons. The van der Waals surface area contributed by atoms with Crippen LogP contribution < -0.4 is 10.5 Å². The Labute approximate surface area is 119 Å². The van der Waals surface area contributed by atoms with E-state index >= 15 is 0 Å². The van der Waals surface area contributed by atoms with Gasteiger partial charge in [0.15, 0.2) is 5.75 Å². The van der Waals surface area contributed by atoms with E-state index in [1.807, 2.05) is 4.68 Å². The molecule has 3 unspecified atom stereocenters. The van der Waals surface area contributed by atoms with E-state index < -0.39 is 0 Å². The van der Waals surface area contributed by atoms with Gasteiger partial charge in [0.2, 0.25) is 0 Å². The van der Waals surface area contributed by atoms with Crippen LogP contribution in [0.5, 0.6) is 5.75 Å². The molecular formula is C14H24N4O2. The van der Waals surface area contributed by atoms with Gasteiger partial charge in [0, 0.05) is 19.1 Å². The molecule has 6 nitrogen and oxygen atoms in total. The number of aryl methyl sites for hydroxylation is 1. The molecule has 0 saturated carbocycles. The third-order valence-corrected chi connectivity index (χ3v) is 4.50. The average molecular weight is 280 g/mol. The molecule has 0 radical (unpaired) electrons. The van der Waals surface area contributed by atoms with Gasteiger partial charge in [0.25, 0.3) is 0 Å². The maximum atomic E-state index is 6.46. The molecule has 0 amide bonds. The predicted octanol–water partition coefficient (Wildman–Crippen LogP) is 0.775. The standard InChI is InChI=1S/C14H24N4O2/c1-3-18-14(11(19-2)7-16-18)13(15)12-8-17-6-4-5-10(17)9-20-12/h7,10,12-13H,3-6,8-9,15H2,1-2H3. The van der Waals surface area contributed by atoms with Crippen LogP contribution in [0.3, 0.4) is 0 Å².